The summed E-state index contributed by atoms with van der Waals surface area (Å²) in [6.45, 7) is 8.67. The van der Waals surface area contributed by atoms with Gasteiger partial charge >= 0.3 is 0 Å². The molecule has 0 atom stereocenters. The van der Waals surface area contributed by atoms with Gasteiger partial charge in [0.05, 0.1) is 0 Å². The minimum Gasteiger partial charge on any atom is -0.385 e. The van der Waals surface area contributed by atoms with Crippen molar-refractivity contribution in [2.75, 3.05) is 73.6 Å². The predicted octanol–water partition coefficient (Wildman–Crippen LogP) is 0.996. The zero-order valence-corrected chi connectivity index (χ0v) is 15.9. The molecule has 1 saturated carbocycles. The van der Waals surface area contributed by atoms with E-state index in [4.69, 9.17) is 4.74 Å². The second kappa shape index (κ2) is 10.2. The van der Waals surface area contributed by atoms with Crippen LogP contribution in [-0.2, 0) is 4.74 Å². The van der Waals surface area contributed by atoms with Crippen LogP contribution in [0.15, 0.2) is 4.99 Å². The van der Waals surface area contributed by atoms with Gasteiger partial charge in [-0.05, 0) is 51.2 Å². The van der Waals surface area contributed by atoms with Gasteiger partial charge in [-0.2, -0.15) is 0 Å². The minimum absolute atomic E-state index is 0.420. The molecule has 1 heterocycles. The second-order valence-corrected chi connectivity index (χ2v) is 7.45. The molecule has 0 aromatic heterocycles. The molecule has 1 aliphatic heterocycles. The molecular weight excluding hydrogens is 302 g/mol. The van der Waals surface area contributed by atoms with E-state index in [1.807, 2.05) is 7.05 Å². The average molecular weight is 340 g/mol. The van der Waals surface area contributed by atoms with Crippen molar-refractivity contribution in [3.8, 4) is 0 Å². The number of nitrogens with zero attached hydrogens (tertiary/aromatic N) is 3. The minimum atomic E-state index is 0.420. The summed E-state index contributed by atoms with van der Waals surface area (Å²) < 4.78 is 5.27. The first-order valence-electron chi connectivity index (χ1n) is 9.52. The van der Waals surface area contributed by atoms with Crippen LogP contribution >= 0.6 is 0 Å². The van der Waals surface area contributed by atoms with E-state index in [0.717, 1.165) is 38.6 Å². The van der Waals surface area contributed by atoms with Crippen molar-refractivity contribution in [2.45, 2.75) is 32.1 Å². The number of rotatable bonds is 8. The molecule has 1 aliphatic carbocycles. The Morgan fingerprint density at radius 3 is 2.62 bits per heavy atom. The number of methoxy groups -OCH3 is 1. The first kappa shape index (κ1) is 19.5. The van der Waals surface area contributed by atoms with Crippen molar-refractivity contribution in [2.24, 2.45) is 10.4 Å². The lowest BCUT2D eigenvalue weighted by atomic mass is 9.67. The molecule has 0 spiro atoms. The van der Waals surface area contributed by atoms with Gasteiger partial charge in [-0.25, -0.2) is 0 Å². The zero-order chi connectivity index (χ0) is 17.3. The lowest BCUT2D eigenvalue weighted by molar-refractivity contribution is 0.0732. The standard InChI is InChI=1S/C18H37N5O/c1-19-17(21-16-18(6-4-7-18)8-15-24-3)20-9-12-23-11-5-10-22(2)13-14-23/h4-16H2,1-3H3,(H2,19,20,21). The molecule has 0 unspecified atom stereocenters. The Bertz CT molecular complexity index is 384. The van der Waals surface area contributed by atoms with Crippen LogP contribution in [0, 0.1) is 5.41 Å². The largest absolute Gasteiger partial charge is 0.385 e. The predicted molar refractivity (Wildman–Crippen MR) is 101 cm³/mol. The van der Waals surface area contributed by atoms with Crippen LogP contribution in [0.25, 0.3) is 0 Å². The third kappa shape index (κ3) is 6.22. The van der Waals surface area contributed by atoms with E-state index in [1.165, 1.54) is 51.9 Å². The topological polar surface area (TPSA) is 52.1 Å². The summed E-state index contributed by atoms with van der Waals surface area (Å²) >= 11 is 0. The molecular formula is C18H37N5O. The van der Waals surface area contributed by atoms with Gasteiger partial charge in [0.2, 0.25) is 0 Å². The van der Waals surface area contributed by atoms with Crippen molar-refractivity contribution >= 4 is 5.96 Å². The molecule has 6 heteroatoms. The average Bonchev–Trinajstić information content (AvgIpc) is 2.76. The number of ether oxygens (including phenoxy) is 1. The maximum Gasteiger partial charge on any atom is 0.191 e. The monoisotopic (exact) mass is 339 g/mol. The quantitative estimate of drug-likeness (QED) is 0.510. The fourth-order valence-electron chi connectivity index (χ4n) is 3.66. The van der Waals surface area contributed by atoms with E-state index in [9.17, 15) is 0 Å². The van der Waals surface area contributed by atoms with E-state index in [0.29, 0.717) is 5.41 Å². The Balaban J connectivity index is 1.65. The molecule has 2 N–H and O–H groups in total. The third-order valence-electron chi connectivity index (χ3n) is 5.64. The number of hydrogen-bond acceptors (Lipinski definition) is 4. The summed E-state index contributed by atoms with van der Waals surface area (Å²) in [5.41, 5.74) is 0.420. The Morgan fingerprint density at radius 2 is 1.96 bits per heavy atom. The van der Waals surface area contributed by atoms with Gasteiger partial charge in [0.25, 0.3) is 0 Å². The molecule has 2 rings (SSSR count). The summed E-state index contributed by atoms with van der Waals surface area (Å²) in [7, 11) is 5.87. The smallest absolute Gasteiger partial charge is 0.191 e. The van der Waals surface area contributed by atoms with Crippen LogP contribution in [0.3, 0.4) is 0 Å². The van der Waals surface area contributed by atoms with Crippen molar-refractivity contribution in [1.29, 1.82) is 0 Å². The second-order valence-electron chi connectivity index (χ2n) is 7.45. The summed E-state index contributed by atoms with van der Waals surface area (Å²) in [5.74, 6) is 0.936. The molecule has 0 bridgehead atoms. The van der Waals surface area contributed by atoms with Crippen molar-refractivity contribution in [3.63, 3.8) is 0 Å². The molecule has 0 amide bonds. The van der Waals surface area contributed by atoms with Crippen molar-refractivity contribution in [1.82, 2.24) is 20.4 Å². The number of guanidine groups is 1. The number of aliphatic imine (C=N–C) groups is 1. The SMILES string of the molecule is CN=C(NCCN1CCCN(C)CC1)NCC1(CCOC)CCC1. The first-order chi connectivity index (χ1) is 11.7. The van der Waals surface area contributed by atoms with E-state index >= 15 is 0 Å². The Labute approximate surface area is 148 Å². The molecule has 0 radical (unpaired) electrons. The van der Waals surface area contributed by atoms with Gasteiger partial charge in [0.1, 0.15) is 0 Å². The van der Waals surface area contributed by atoms with Crippen molar-refractivity contribution < 1.29 is 4.74 Å². The normalized spacial score (nSPS) is 22.7. The highest BCUT2D eigenvalue weighted by molar-refractivity contribution is 5.79. The Hall–Kier alpha value is -0.850. The zero-order valence-electron chi connectivity index (χ0n) is 15.9. The van der Waals surface area contributed by atoms with Crippen LogP contribution in [0.4, 0.5) is 0 Å². The fourth-order valence-corrected chi connectivity index (χ4v) is 3.66. The molecule has 0 aromatic rings. The van der Waals surface area contributed by atoms with E-state index in [1.54, 1.807) is 7.11 Å². The highest BCUT2D eigenvalue weighted by atomic mass is 16.5. The van der Waals surface area contributed by atoms with Gasteiger partial charge in [-0.15, -0.1) is 0 Å². The van der Waals surface area contributed by atoms with Crippen LogP contribution in [-0.4, -0.2) is 89.4 Å². The fraction of sp³-hybridized carbons (Fsp3) is 0.944. The van der Waals surface area contributed by atoms with Crippen LogP contribution < -0.4 is 10.6 Å². The summed E-state index contributed by atoms with van der Waals surface area (Å²) in [6, 6.07) is 0. The molecule has 1 saturated heterocycles. The van der Waals surface area contributed by atoms with Gasteiger partial charge in [-0.3, -0.25) is 4.99 Å². The van der Waals surface area contributed by atoms with Crippen LogP contribution in [0.5, 0.6) is 0 Å². The number of nitrogens with one attached hydrogen (secondary N) is 2. The molecule has 2 aliphatic rings. The van der Waals surface area contributed by atoms with Crippen LogP contribution in [0.2, 0.25) is 0 Å². The molecule has 24 heavy (non-hydrogen) atoms. The molecule has 6 nitrogen and oxygen atoms in total. The summed E-state index contributed by atoms with van der Waals surface area (Å²) in [4.78, 5) is 9.35. The maximum absolute atomic E-state index is 5.27. The van der Waals surface area contributed by atoms with E-state index in [2.05, 4.69) is 32.5 Å². The van der Waals surface area contributed by atoms with E-state index < -0.39 is 0 Å². The lowest BCUT2D eigenvalue weighted by Crippen LogP contribution is -2.48. The van der Waals surface area contributed by atoms with Gasteiger partial charge in [-0.1, -0.05) is 6.42 Å². The number of likely N-dealkylation sites (N-methyl/N-ethyl adjacent to an activating group) is 1. The van der Waals surface area contributed by atoms with Crippen LogP contribution in [0.1, 0.15) is 32.1 Å². The third-order valence-corrected chi connectivity index (χ3v) is 5.64. The van der Waals surface area contributed by atoms with Gasteiger partial charge < -0.3 is 25.2 Å². The summed E-state index contributed by atoms with van der Waals surface area (Å²) in [5, 5.41) is 7.01. The Morgan fingerprint density at radius 1 is 1.12 bits per heavy atom. The Kier molecular flexibility index (Phi) is 8.29. The van der Waals surface area contributed by atoms with Gasteiger partial charge in [0.15, 0.2) is 5.96 Å². The van der Waals surface area contributed by atoms with Crippen molar-refractivity contribution in [3.05, 3.63) is 0 Å². The first-order valence-corrected chi connectivity index (χ1v) is 9.52. The highest BCUT2D eigenvalue weighted by Crippen LogP contribution is 2.43. The molecule has 140 valence electrons. The highest BCUT2D eigenvalue weighted by Gasteiger charge is 2.36. The van der Waals surface area contributed by atoms with E-state index in [-0.39, 0.29) is 0 Å². The number of hydrogen-bond donors (Lipinski definition) is 2. The van der Waals surface area contributed by atoms with Gasteiger partial charge in [0, 0.05) is 53.5 Å². The molecule has 0 aromatic carbocycles. The summed E-state index contributed by atoms with van der Waals surface area (Å²) in [6.07, 6.45) is 6.38. The maximum atomic E-state index is 5.27. The lowest BCUT2D eigenvalue weighted by Gasteiger charge is -2.42. The molecule has 2 fully saturated rings.